The fraction of sp³-hybridized carbons (Fsp3) is 0.263. The van der Waals surface area contributed by atoms with E-state index in [9.17, 15) is 14.4 Å². The van der Waals surface area contributed by atoms with Crippen molar-refractivity contribution in [1.29, 1.82) is 5.26 Å². The lowest BCUT2D eigenvalue weighted by molar-refractivity contribution is -0.143. The van der Waals surface area contributed by atoms with Crippen LogP contribution in [0.2, 0.25) is 0 Å². The Labute approximate surface area is 159 Å². The second-order valence-electron chi connectivity index (χ2n) is 5.97. The number of rotatable bonds is 7. The number of ketones is 1. The number of carbonyl (C=O) groups is 2. The van der Waals surface area contributed by atoms with Crippen molar-refractivity contribution in [1.82, 2.24) is 9.13 Å². The molecule has 2 aromatic heterocycles. The van der Waals surface area contributed by atoms with Gasteiger partial charge in [-0.15, -0.1) is 0 Å². The number of aryl methyl sites for hydroxylation is 2. The summed E-state index contributed by atoms with van der Waals surface area (Å²) in [5, 5.41) is 11.2. The van der Waals surface area contributed by atoms with Gasteiger partial charge >= 0.3 is 10.8 Å². The van der Waals surface area contributed by atoms with Gasteiger partial charge in [0.15, 0.2) is 6.61 Å². The van der Waals surface area contributed by atoms with E-state index in [0.717, 1.165) is 22.2 Å². The molecule has 0 aliphatic carbocycles. The molecule has 0 saturated heterocycles. The second-order valence-corrected chi connectivity index (χ2v) is 6.80. The Morgan fingerprint density at radius 2 is 2.07 bits per heavy atom. The first kappa shape index (κ1) is 18.6. The van der Waals surface area contributed by atoms with Gasteiger partial charge in [-0.05, 0) is 13.0 Å². The average Bonchev–Trinajstić information content (AvgIpc) is 3.19. The van der Waals surface area contributed by atoms with Gasteiger partial charge in [-0.1, -0.05) is 29.5 Å². The number of nitrogens with zero attached hydrogens (tertiary/aromatic N) is 3. The van der Waals surface area contributed by atoms with Crippen LogP contribution >= 0.6 is 11.3 Å². The summed E-state index contributed by atoms with van der Waals surface area (Å²) in [7, 11) is 0. The van der Waals surface area contributed by atoms with Gasteiger partial charge in [0, 0.05) is 40.3 Å². The van der Waals surface area contributed by atoms with E-state index in [2.05, 4.69) is 6.07 Å². The molecule has 8 heteroatoms. The van der Waals surface area contributed by atoms with Gasteiger partial charge in [-0.25, -0.2) is 0 Å². The zero-order valence-electron chi connectivity index (χ0n) is 14.7. The topological polar surface area (TPSA) is 94.1 Å². The number of ether oxygens (including phenoxy) is 1. The summed E-state index contributed by atoms with van der Waals surface area (Å²) in [5.74, 6) is -0.968. The molecule has 0 spiro atoms. The first-order valence-electron chi connectivity index (χ1n) is 8.30. The maximum absolute atomic E-state index is 12.6. The van der Waals surface area contributed by atoms with Crippen LogP contribution in [0.1, 0.15) is 22.5 Å². The number of esters is 1. The third-order valence-corrected chi connectivity index (χ3v) is 5.06. The molecule has 138 valence electrons. The number of aromatic nitrogens is 2. The lowest BCUT2D eigenvalue weighted by atomic mass is 10.1. The molecule has 0 atom stereocenters. The van der Waals surface area contributed by atoms with E-state index in [1.54, 1.807) is 18.5 Å². The number of fused-ring (bicyclic) bond motifs is 1. The minimum atomic E-state index is -0.639. The van der Waals surface area contributed by atoms with Crippen LogP contribution in [0.5, 0.6) is 0 Å². The lowest BCUT2D eigenvalue weighted by Crippen LogP contribution is -2.24. The number of benzene rings is 1. The molecule has 3 aromatic rings. The molecular formula is C19H17N3O4S. The summed E-state index contributed by atoms with van der Waals surface area (Å²) in [6.07, 6.45) is 2.02. The molecule has 0 aliphatic heterocycles. The summed E-state index contributed by atoms with van der Waals surface area (Å²) in [6, 6.07) is 9.47. The molecule has 0 amide bonds. The molecular weight excluding hydrogens is 366 g/mol. The largest absolute Gasteiger partial charge is 0.456 e. The van der Waals surface area contributed by atoms with Crippen LogP contribution in [0.4, 0.5) is 0 Å². The van der Waals surface area contributed by atoms with Crippen LogP contribution in [0, 0.1) is 18.3 Å². The van der Waals surface area contributed by atoms with Crippen LogP contribution < -0.4 is 4.87 Å². The van der Waals surface area contributed by atoms with Crippen LogP contribution in [0.15, 0.2) is 40.6 Å². The van der Waals surface area contributed by atoms with E-state index in [-0.39, 0.29) is 17.2 Å². The molecule has 0 saturated carbocycles. The van der Waals surface area contributed by atoms with E-state index >= 15 is 0 Å². The van der Waals surface area contributed by atoms with Gasteiger partial charge in [-0.3, -0.25) is 19.0 Å². The molecule has 7 nitrogen and oxygen atoms in total. The normalized spacial score (nSPS) is 10.7. The quantitative estimate of drug-likeness (QED) is 0.462. The van der Waals surface area contributed by atoms with Gasteiger partial charge in [0.05, 0.1) is 12.5 Å². The molecule has 0 fully saturated rings. The summed E-state index contributed by atoms with van der Waals surface area (Å²) in [6.45, 7) is 1.59. The summed E-state index contributed by atoms with van der Waals surface area (Å²) >= 11 is 1.01. The highest BCUT2D eigenvalue weighted by Gasteiger charge is 2.17. The molecule has 2 heterocycles. The van der Waals surface area contributed by atoms with E-state index in [0.29, 0.717) is 24.2 Å². The number of hydrogen-bond acceptors (Lipinski definition) is 6. The van der Waals surface area contributed by atoms with Crippen molar-refractivity contribution in [2.24, 2.45) is 0 Å². The van der Waals surface area contributed by atoms with Crippen molar-refractivity contribution in [3.8, 4) is 6.07 Å². The van der Waals surface area contributed by atoms with E-state index in [1.165, 1.54) is 4.57 Å². The van der Waals surface area contributed by atoms with Crippen molar-refractivity contribution < 1.29 is 14.3 Å². The van der Waals surface area contributed by atoms with Crippen LogP contribution in [-0.4, -0.2) is 27.5 Å². The minimum absolute atomic E-state index is 0.217. The number of thiazole rings is 1. The number of hydrogen-bond donors (Lipinski definition) is 0. The molecule has 0 aliphatic rings. The first-order chi connectivity index (χ1) is 13.0. The van der Waals surface area contributed by atoms with Crippen molar-refractivity contribution in [3.05, 3.63) is 56.8 Å². The maximum atomic E-state index is 12.6. The summed E-state index contributed by atoms with van der Waals surface area (Å²) < 4.78 is 8.24. The van der Waals surface area contributed by atoms with Crippen molar-refractivity contribution >= 4 is 34.0 Å². The summed E-state index contributed by atoms with van der Waals surface area (Å²) in [4.78, 5) is 36.0. The highest BCUT2D eigenvalue weighted by atomic mass is 32.1. The Kier molecular flexibility index (Phi) is 5.52. The van der Waals surface area contributed by atoms with Crippen LogP contribution in [0.25, 0.3) is 10.9 Å². The first-order valence-corrected chi connectivity index (χ1v) is 9.18. The molecule has 0 bridgehead atoms. The van der Waals surface area contributed by atoms with Gasteiger partial charge < -0.3 is 9.30 Å². The molecule has 0 unspecified atom stereocenters. The second kappa shape index (κ2) is 8.01. The SMILES string of the molecule is Cc1csc(=O)n1CC(=O)OCC(=O)c1cn(CCC#N)c2ccccc12. The Bertz CT molecular complexity index is 1100. The fourth-order valence-electron chi connectivity index (χ4n) is 2.82. The lowest BCUT2D eigenvalue weighted by Gasteiger charge is -2.05. The minimum Gasteiger partial charge on any atom is -0.456 e. The van der Waals surface area contributed by atoms with Crippen LogP contribution in [-0.2, 0) is 22.6 Å². The Morgan fingerprint density at radius 3 is 2.78 bits per heavy atom. The Balaban J connectivity index is 1.72. The zero-order valence-corrected chi connectivity index (χ0v) is 15.5. The van der Waals surface area contributed by atoms with Gasteiger partial charge in [0.2, 0.25) is 5.78 Å². The fourth-order valence-corrected chi connectivity index (χ4v) is 3.55. The molecule has 0 N–H and O–H groups in total. The number of para-hydroxylation sites is 1. The van der Waals surface area contributed by atoms with Crippen molar-refractivity contribution in [3.63, 3.8) is 0 Å². The summed E-state index contributed by atoms with van der Waals surface area (Å²) in [5.41, 5.74) is 1.97. The molecule has 27 heavy (non-hydrogen) atoms. The predicted octanol–water partition coefficient (Wildman–Crippen LogP) is 2.51. The monoisotopic (exact) mass is 383 g/mol. The average molecular weight is 383 g/mol. The number of carbonyl (C=O) groups excluding carboxylic acids is 2. The van der Waals surface area contributed by atoms with E-state index < -0.39 is 12.6 Å². The number of Topliss-reactive ketones (excluding diaryl/α,β-unsaturated/α-hetero) is 1. The van der Waals surface area contributed by atoms with Crippen LogP contribution in [0.3, 0.4) is 0 Å². The predicted molar refractivity (Wildman–Crippen MR) is 101 cm³/mol. The Morgan fingerprint density at radius 1 is 1.30 bits per heavy atom. The third kappa shape index (κ3) is 3.99. The third-order valence-electron chi connectivity index (χ3n) is 4.18. The maximum Gasteiger partial charge on any atom is 0.326 e. The highest BCUT2D eigenvalue weighted by Crippen LogP contribution is 2.22. The van der Waals surface area contributed by atoms with Crippen molar-refractivity contribution in [2.45, 2.75) is 26.4 Å². The smallest absolute Gasteiger partial charge is 0.326 e. The standard InChI is InChI=1S/C19H17N3O4S/c1-13-12-27-19(25)22(13)10-18(24)26-11-17(23)15-9-21(8-4-7-20)16-6-3-2-5-14(15)16/h2-3,5-6,9,12H,4,8,10-11H2,1H3. The molecule has 0 radical (unpaired) electrons. The van der Waals surface area contributed by atoms with E-state index in [1.807, 2.05) is 28.8 Å². The highest BCUT2D eigenvalue weighted by molar-refractivity contribution is 7.07. The molecule has 1 aromatic carbocycles. The zero-order chi connectivity index (χ0) is 19.4. The number of nitriles is 1. The van der Waals surface area contributed by atoms with Crippen molar-refractivity contribution in [2.75, 3.05) is 6.61 Å². The molecule has 3 rings (SSSR count). The Hall–Kier alpha value is -3.18. The van der Waals surface area contributed by atoms with Gasteiger partial charge in [0.25, 0.3) is 0 Å². The van der Waals surface area contributed by atoms with Gasteiger partial charge in [0.1, 0.15) is 6.54 Å². The van der Waals surface area contributed by atoms with E-state index in [4.69, 9.17) is 10.00 Å². The van der Waals surface area contributed by atoms with Gasteiger partial charge in [-0.2, -0.15) is 5.26 Å².